The molecule has 1 aliphatic heterocycles. The maximum Gasteiger partial charge on any atom is 0.216 e. The van der Waals surface area contributed by atoms with E-state index in [0.29, 0.717) is 13.2 Å². The van der Waals surface area contributed by atoms with E-state index in [0.717, 1.165) is 18.8 Å². The van der Waals surface area contributed by atoms with Crippen LogP contribution >= 0.6 is 0 Å². The number of hydrogen-bond acceptors (Lipinski definition) is 3. The van der Waals surface area contributed by atoms with E-state index in [-0.39, 0.29) is 5.91 Å². The van der Waals surface area contributed by atoms with E-state index in [1.807, 2.05) is 12.1 Å². The first-order valence-electron chi connectivity index (χ1n) is 6.48. The average molecular weight is 248 g/mol. The highest BCUT2D eigenvalue weighted by Gasteiger charge is 2.12. The molecule has 1 aromatic rings. The Hall–Kier alpha value is -1.71. The summed E-state index contributed by atoms with van der Waals surface area (Å²) < 4.78 is 5.62. The van der Waals surface area contributed by atoms with Crippen molar-refractivity contribution in [2.24, 2.45) is 0 Å². The van der Waals surface area contributed by atoms with Gasteiger partial charge in [-0.25, -0.2) is 0 Å². The maximum atomic E-state index is 10.7. The number of carbonyl (C=O) groups is 1. The molecule has 4 heteroatoms. The van der Waals surface area contributed by atoms with Crippen LogP contribution in [0.2, 0.25) is 0 Å². The van der Waals surface area contributed by atoms with Crippen molar-refractivity contribution in [2.75, 3.05) is 31.1 Å². The van der Waals surface area contributed by atoms with Gasteiger partial charge in [-0.2, -0.15) is 0 Å². The van der Waals surface area contributed by atoms with Gasteiger partial charge < -0.3 is 15.0 Å². The van der Waals surface area contributed by atoms with Gasteiger partial charge in [0.2, 0.25) is 5.91 Å². The summed E-state index contributed by atoms with van der Waals surface area (Å²) in [6.07, 6.45) is 2.54. The second kappa shape index (κ2) is 6.28. The minimum Gasteiger partial charge on any atom is -0.492 e. The molecule has 0 aliphatic carbocycles. The highest BCUT2D eigenvalue weighted by molar-refractivity contribution is 5.72. The van der Waals surface area contributed by atoms with Crippen molar-refractivity contribution in [1.29, 1.82) is 0 Å². The minimum absolute atomic E-state index is 0.0237. The third-order valence-corrected chi connectivity index (χ3v) is 3.03. The molecule has 0 saturated carbocycles. The smallest absolute Gasteiger partial charge is 0.216 e. The number of carbonyl (C=O) groups excluding carboxylic acids is 1. The van der Waals surface area contributed by atoms with Gasteiger partial charge >= 0.3 is 0 Å². The Balaban J connectivity index is 1.85. The molecule has 18 heavy (non-hydrogen) atoms. The molecular weight excluding hydrogens is 228 g/mol. The quantitative estimate of drug-likeness (QED) is 0.808. The molecule has 1 N–H and O–H groups in total. The van der Waals surface area contributed by atoms with Crippen LogP contribution in [0.1, 0.15) is 19.8 Å². The number of rotatable bonds is 5. The lowest BCUT2D eigenvalue weighted by atomic mass is 10.3. The summed E-state index contributed by atoms with van der Waals surface area (Å²) in [7, 11) is 0. The van der Waals surface area contributed by atoms with Crippen molar-refractivity contribution in [2.45, 2.75) is 19.8 Å². The monoisotopic (exact) mass is 248 g/mol. The second-order valence-corrected chi connectivity index (χ2v) is 4.52. The summed E-state index contributed by atoms with van der Waals surface area (Å²) in [5.41, 5.74) is 1.23. The van der Waals surface area contributed by atoms with E-state index < -0.39 is 0 Å². The van der Waals surface area contributed by atoms with Gasteiger partial charge in [-0.15, -0.1) is 0 Å². The van der Waals surface area contributed by atoms with E-state index >= 15 is 0 Å². The Morgan fingerprint density at radius 2 is 2.17 bits per heavy atom. The number of nitrogens with zero attached hydrogens (tertiary/aromatic N) is 1. The van der Waals surface area contributed by atoms with Crippen LogP contribution in [-0.4, -0.2) is 32.1 Å². The van der Waals surface area contributed by atoms with Gasteiger partial charge in [0, 0.05) is 31.8 Å². The predicted molar refractivity (Wildman–Crippen MR) is 72.1 cm³/mol. The van der Waals surface area contributed by atoms with Gasteiger partial charge in [0.25, 0.3) is 0 Å². The zero-order chi connectivity index (χ0) is 12.8. The lowest BCUT2D eigenvalue weighted by molar-refractivity contribution is -0.119. The van der Waals surface area contributed by atoms with E-state index in [2.05, 4.69) is 22.3 Å². The predicted octanol–water partition coefficient (Wildman–Crippen LogP) is 1.80. The van der Waals surface area contributed by atoms with Crippen molar-refractivity contribution in [3.8, 4) is 5.75 Å². The molecule has 1 aromatic carbocycles. The van der Waals surface area contributed by atoms with Crippen LogP contribution < -0.4 is 15.0 Å². The lowest BCUT2D eigenvalue weighted by Gasteiger charge is -2.18. The zero-order valence-corrected chi connectivity index (χ0v) is 10.8. The van der Waals surface area contributed by atoms with Gasteiger partial charge in [0.1, 0.15) is 12.4 Å². The second-order valence-electron chi connectivity index (χ2n) is 4.52. The number of hydrogen-bond donors (Lipinski definition) is 1. The van der Waals surface area contributed by atoms with E-state index in [1.165, 1.54) is 25.5 Å². The molecule has 0 unspecified atom stereocenters. The van der Waals surface area contributed by atoms with Crippen molar-refractivity contribution in [1.82, 2.24) is 5.32 Å². The highest BCUT2D eigenvalue weighted by Crippen LogP contribution is 2.24. The number of anilines is 1. The van der Waals surface area contributed by atoms with Crippen LogP contribution in [0, 0.1) is 0 Å². The first kappa shape index (κ1) is 12.7. The lowest BCUT2D eigenvalue weighted by Crippen LogP contribution is -2.25. The largest absolute Gasteiger partial charge is 0.492 e. The summed E-state index contributed by atoms with van der Waals surface area (Å²) in [5.74, 6) is 0.842. The zero-order valence-electron chi connectivity index (χ0n) is 10.8. The van der Waals surface area contributed by atoms with E-state index in [9.17, 15) is 4.79 Å². The summed E-state index contributed by atoms with van der Waals surface area (Å²) in [4.78, 5) is 13.1. The number of benzene rings is 1. The molecule has 1 fully saturated rings. The van der Waals surface area contributed by atoms with Crippen molar-refractivity contribution in [3.05, 3.63) is 24.3 Å². The summed E-state index contributed by atoms with van der Waals surface area (Å²) in [6, 6.07) is 8.15. The van der Waals surface area contributed by atoms with Crippen LogP contribution in [0.5, 0.6) is 5.75 Å². The first-order chi connectivity index (χ1) is 8.75. The van der Waals surface area contributed by atoms with Crippen LogP contribution in [0.3, 0.4) is 0 Å². The molecule has 0 atom stereocenters. The molecule has 0 radical (unpaired) electrons. The van der Waals surface area contributed by atoms with E-state index in [1.54, 1.807) is 0 Å². The van der Waals surface area contributed by atoms with Crippen LogP contribution in [-0.2, 0) is 4.79 Å². The summed E-state index contributed by atoms with van der Waals surface area (Å²) in [5, 5.41) is 2.71. The minimum atomic E-state index is -0.0237. The molecule has 1 amide bonds. The SMILES string of the molecule is CC(=O)NCCOc1cccc(N2CCCC2)c1. The van der Waals surface area contributed by atoms with Gasteiger partial charge in [-0.3, -0.25) is 4.79 Å². The summed E-state index contributed by atoms with van der Waals surface area (Å²) in [6.45, 7) is 4.82. The third-order valence-electron chi connectivity index (χ3n) is 3.03. The third kappa shape index (κ3) is 3.65. The van der Waals surface area contributed by atoms with Crippen LogP contribution in [0.15, 0.2) is 24.3 Å². The van der Waals surface area contributed by atoms with Gasteiger partial charge in [-0.1, -0.05) is 6.07 Å². The Kier molecular flexibility index (Phi) is 4.45. The standard InChI is InChI=1S/C14H20N2O2/c1-12(17)15-7-10-18-14-6-4-5-13(11-14)16-8-2-3-9-16/h4-6,11H,2-3,7-10H2,1H3,(H,15,17). The number of ether oxygens (including phenoxy) is 1. The molecule has 2 rings (SSSR count). The number of amides is 1. The molecule has 1 saturated heterocycles. The van der Waals surface area contributed by atoms with E-state index in [4.69, 9.17) is 4.74 Å². The molecule has 0 spiro atoms. The molecule has 4 nitrogen and oxygen atoms in total. The van der Waals surface area contributed by atoms with Crippen molar-refractivity contribution < 1.29 is 9.53 Å². The van der Waals surface area contributed by atoms with Crippen LogP contribution in [0.25, 0.3) is 0 Å². The van der Waals surface area contributed by atoms with Crippen molar-refractivity contribution >= 4 is 11.6 Å². The Morgan fingerprint density at radius 1 is 1.39 bits per heavy atom. The summed E-state index contributed by atoms with van der Waals surface area (Å²) >= 11 is 0. The topological polar surface area (TPSA) is 41.6 Å². The fraction of sp³-hybridized carbons (Fsp3) is 0.500. The molecule has 0 aromatic heterocycles. The first-order valence-corrected chi connectivity index (χ1v) is 6.48. The average Bonchev–Trinajstić information content (AvgIpc) is 2.89. The maximum absolute atomic E-state index is 10.7. The van der Waals surface area contributed by atoms with Gasteiger partial charge in [0.15, 0.2) is 0 Å². The molecule has 98 valence electrons. The fourth-order valence-corrected chi connectivity index (χ4v) is 2.14. The molecule has 1 heterocycles. The van der Waals surface area contributed by atoms with Crippen LogP contribution in [0.4, 0.5) is 5.69 Å². The molecule has 1 aliphatic rings. The normalized spacial score (nSPS) is 14.6. The highest BCUT2D eigenvalue weighted by atomic mass is 16.5. The molecular formula is C14H20N2O2. The van der Waals surface area contributed by atoms with Crippen molar-refractivity contribution in [3.63, 3.8) is 0 Å². The van der Waals surface area contributed by atoms with Gasteiger partial charge in [0.05, 0.1) is 6.54 Å². The Labute approximate surface area is 108 Å². The Morgan fingerprint density at radius 3 is 2.89 bits per heavy atom. The Bertz CT molecular complexity index is 401. The fourth-order valence-electron chi connectivity index (χ4n) is 2.14. The van der Waals surface area contributed by atoms with Gasteiger partial charge in [-0.05, 0) is 25.0 Å². The molecule has 0 bridgehead atoms. The number of nitrogens with one attached hydrogen (secondary N) is 1.